The molecule has 0 saturated heterocycles. The Labute approximate surface area is 182 Å². The van der Waals surface area contributed by atoms with Crippen molar-refractivity contribution in [1.82, 2.24) is 0 Å². The monoisotopic (exact) mass is 454 g/mol. The first kappa shape index (κ1) is 28.4. The number of hydrogen-bond acceptors (Lipinski definition) is 5. The molecule has 0 aromatic carbocycles. The fraction of sp³-hybridized carbons (Fsp3) is 0.952. The maximum atomic E-state index is 11.1. The zero-order valence-corrected chi connectivity index (χ0v) is 20.9. The molecular formula is C21H43O4PS2. The van der Waals surface area contributed by atoms with Crippen LogP contribution < -0.4 is 0 Å². The number of hydrogen-bond donors (Lipinski definition) is 1. The summed E-state index contributed by atoms with van der Waals surface area (Å²) < 4.78 is 12.1. The van der Waals surface area contributed by atoms with Crippen LogP contribution in [0.4, 0.5) is 0 Å². The van der Waals surface area contributed by atoms with Crippen LogP contribution in [0.5, 0.6) is 0 Å². The van der Waals surface area contributed by atoms with Crippen LogP contribution in [0.25, 0.3) is 0 Å². The summed E-state index contributed by atoms with van der Waals surface area (Å²) in [4.78, 5) is 11.1. The number of carboxylic acids is 1. The van der Waals surface area contributed by atoms with Crippen molar-refractivity contribution in [3.05, 3.63) is 0 Å². The van der Waals surface area contributed by atoms with Gasteiger partial charge >= 0.3 is 5.97 Å². The molecule has 0 rings (SSSR count). The number of carboxylic acid groups (broad SMARTS) is 1. The minimum Gasteiger partial charge on any atom is -0.481 e. The Morgan fingerprint density at radius 1 is 0.857 bits per heavy atom. The van der Waals surface area contributed by atoms with Gasteiger partial charge in [-0.25, -0.2) is 0 Å². The molecule has 0 fully saturated rings. The molecule has 0 bridgehead atoms. The van der Waals surface area contributed by atoms with Crippen LogP contribution in [-0.2, 0) is 25.6 Å². The van der Waals surface area contributed by atoms with E-state index in [-0.39, 0.29) is 11.7 Å². The smallest absolute Gasteiger partial charge is 0.304 e. The van der Waals surface area contributed by atoms with E-state index in [2.05, 4.69) is 13.8 Å². The third-order valence-electron chi connectivity index (χ3n) is 4.63. The Hall–Kier alpha value is 0.390. The molecule has 0 aromatic rings. The van der Waals surface area contributed by atoms with Gasteiger partial charge in [0, 0.05) is 5.25 Å². The molecule has 1 atom stereocenters. The number of carbonyl (C=O) groups is 1. The third kappa shape index (κ3) is 17.3. The Balaban J connectivity index is 4.38. The third-order valence-corrected chi connectivity index (χ3v) is 10.4. The maximum absolute atomic E-state index is 11.1. The molecule has 0 saturated carbocycles. The van der Waals surface area contributed by atoms with Crippen LogP contribution >= 0.6 is 17.1 Å². The van der Waals surface area contributed by atoms with Gasteiger partial charge in [-0.1, -0.05) is 96.4 Å². The molecule has 0 radical (unpaired) electrons. The number of aliphatic carboxylic acids is 1. The van der Waals surface area contributed by atoms with E-state index in [9.17, 15) is 4.79 Å². The number of unbranched alkanes of at least 4 members (excludes halogenated alkanes) is 10. The summed E-state index contributed by atoms with van der Waals surface area (Å²) in [5.74, 6) is -0.784. The van der Waals surface area contributed by atoms with E-state index < -0.39 is 11.7 Å². The molecule has 0 amide bonds. The Bertz CT molecular complexity index is 399. The highest BCUT2D eigenvalue weighted by atomic mass is 32.9. The van der Waals surface area contributed by atoms with Crippen LogP contribution in [0.1, 0.15) is 111 Å². The Morgan fingerprint density at radius 2 is 1.29 bits per heavy atom. The molecule has 0 aliphatic rings. The van der Waals surface area contributed by atoms with Gasteiger partial charge in [0.25, 0.3) is 0 Å². The fourth-order valence-corrected chi connectivity index (χ4v) is 8.60. The molecule has 0 aliphatic heterocycles. The highest BCUT2D eigenvalue weighted by Gasteiger charge is 2.26. The van der Waals surface area contributed by atoms with Crippen molar-refractivity contribution in [3.63, 3.8) is 0 Å². The lowest BCUT2D eigenvalue weighted by Gasteiger charge is -2.25. The van der Waals surface area contributed by atoms with E-state index in [1.165, 1.54) is 62.7 Å². The first-order valence-electron chi connectivity index (χ1n) is 11.3. The quantitative estimate of drug-likeness (QED) is 0.140. The summed E-state index contributed by atoms with van der Waals surface area (Å²) >= 11 is 7.24. The lowest BCUT2D eigenvalue weighted by Crippen LogP contribution is -2.10. The molecule has 0 spiro atoms. The van der Waals surface area contributed by atoms with Gasteiger partial charge < -0.3 is 14.2 Å². The van der Waals surface area contributed by atoms with Gasteiger partial charge in [-0.2, -0.15) is 0 Å². The van der Waals surface area contributed by atoms with E-state index in [1.807, 2.05) is 6.92 Å². The van der Waals surface area contributed by atoms with Crippen molar-refractivity contribution >= 4 is 34.9 Å². The predicted octanol–water partition coefficient (Wildman–Crippen LogP) is 7.95. The number of rotatable bonds is 21. The van der Waals surface area contributed by atoms with Gasteiger partial charge in [-0.15, -0.1) is 0 Å². The fourth-order valence-electron chi connectivity index (χ4n) is 2.85. The molecule has 4 nitrogen and oxygen atoms in total. The SMILES string of the molecule is CCCCCCCCOP(=S)(OCCCCCCCC)SC(CC)CC(=O)O. The van der Waals surface area contributed by atoms with Crippen LogP contribution in [0.2, 0.25) is 0 Å². The normalized spacial score (nSPS) is 13.0. The summed E-state index contributed by atoms with van der Waals surface area (Å²) in [5, 5.41) is 9.08. The summed E-state index contributed by atoms with van der Waals surface area (Å²) in [7, 11) is 0. The average molecular weight is 455 g/mol. The van der Waals surface area contributed by atoms with Gasteiger partial charge in [0.1, 0.15) is 0 Å². The molecule has 7 heteroatoms. The molecule has 0 aliphatic carbocycles. The zero-order valence-electron chi connectivity index (χ0n) is 18.3. The van der Waals surface area contributed by atoms with Crippen LogP contribution in [0.15, 0.2) is 0 Å². The van der Waals surface area contributed by atoms with Gasteiger partial charge in [0.05, 0.1) is 19.6 Å². The summed E-state index contributed by atoms with van der Waals surface area (Å²) in [5.41, 5.74) is -2.48. The van der Waals surface area contributed by atoms with Crippen molar-refractivity contribution in [1.29, 1.82) is 0 Å². The zero-order chi connectivity index (χ0) is 21.1. The second kappa shape index (κ2) is 19.4. The largest absolute Gasteiger partial charge is 0.481 e. The molecule has 168 valence electrons. The molecule has 1 N–H and O–H groups in total. The van der Waals surface area contributed by atoms with Crippen LogP contribution in [-0.4, -0.2) is 29.5 Å². The topological polar surface area (TPSA) is 55.8 Å². The first-order valence-corrected chi connectivity index (χ1v) is 15.4. The van der Waals surface area contributed by atoms with Crippen molar-refractivity contribution < 1.29 is 18.9 Å². The molecule has 0 aromatic heterocycles. The van der Waals surface area contributed by atoms with Crippen molar-refractivity contribution in [2.75, 3.05) is 13.2 Å². The van der Waals surface area contributed by atoms with Crippen LogP contribution in [0.3, 0.4) is 0 Å². The molecule has 1 unspecified atom stereocenters. The molecular weight excluding hydrogens is 411 g/mol. The summed E-state index contributed by atoms with van der Waals surface area (Å²) in [6.07, 6.45) is 15.3. The molecule has 0 heterocycles. The average Bonchev–Trinajstić information content (AvgIpc) is 2.65. The van der Waals surface area contributed by atoms with Gasteiger partial charge in [0.2, 0.25) is 5.69 Å². The summed E-state index contributed by atoms with van der Waals surface area (Å²) in [6, 6.07) is 0. The van der Waals surface area contributed by atoms with Gasteiger partial charge in [0.15, 0.2) is 0 Å². The highest BCUT2D eigenvalue weighted by Crippen LogP contribution is 2.63. The van der Waals surface area contributed by atoms with Crippen LogP contribution in [0, 0.1) is 0 Å². The maximum Gasteiger partial charge on any atom is 0.304 e. The Morgan fingerprint density at radius 3 is 1.68 bits per heavy atom. The van der Waals surface area contributed by atoms with E-state index in [4.69, 9.17) is 26.0 Å². The van der Waals surface area contributed by atoms with Gasteiger partial charge in [-0.3, -0.25) is 4.79 Å². The second-order valence-electron chi connectivity index (χ2n) is 7.38. The lowest BCUT2D eigenvalue weighted by molar-refractivity contribution is -0.136. The van der Waals surface area contributed by atoms with Crippen molar-refractivity contribution in [3.8, 4) is 0 Å². The van der Waals surface area contributed by atoms with E-state index in [0.717, 1.165) is 32.1 Å². The predicted molar refractivity (Wildman–Crippen MR) is 127 cm³/mol. The van der Waals surface area contributed by atoms with Gasteiger partial charge in [-0.05, 0) is 31.1 Å². The van der Waals surface area contributed by atoms with Crippen molar-refractivity contribution in [2.45, 2.75) is 116 Å². The lowest BCUT2D eigenvalue weighted by atomic mass is 10.1. The van der Waals surface area contributed by atoms with E-state index in [0.29, 0.717) is 13.2 Å². The second-order valence-corrected chi connectivity index (χ2v) is 13.9. The Kier molecular flexibility index (Phi) is 19.6. The van der Waals surface area contributed by atoms with E-state index in [1.54, 1.807) is 0 Å². The minimum atomic E-state index is -2.48. The minimum absolute atomic E-state index is 0.0440. The standard InChI is InChI=1S/C21H43O4PS2/c1-4-7-9-11-13-15-17-24-26(27,28-20(6-3)19-21(22)23)25-18-16-14-12-10-8-5-2/h20H,4-19H2,1-3H3,(H,22,23). The first-order chi connectivity index (χ1) is 13.5. The van der Waals surface area contributed by atoms with Crippen molar-refractivity contribution in [2.24, 2.45) is 0 Å². The van der Waals surface area contributed by atoms with E-state index >= 15 is 0 Å². The summed E-state index contributed by atoms with van der Waals surface area (Å²) in [6.45, 7) is 7.69. The molecule has 28 heavy (non-hydrogen) atoms. The highest BCUT2D eigenvalue weighted by molar-refractivity contribution is 8.68.